The summed E-state index contributed by atoms with van der Waals surface area (Å²) in [6, 6.07) is 8.12. The number of nitrogens with one attached hydrogen (secondary N) is 1. The van der Waals surface area contributed by atoms with Crippen molar-refractivity contribution in [3.8, 4) is 6.07 Å². The molecule has 0 bridgehead atoms. The SMILES string of the molecule is CC1CCC(Nc2cccc(C#N)n2)CC1C. The first-order valence-corrected chi connectivity index (χ1v) is 6.32. The fourth-order valence-corrected chi connectivity index (χ4v) is 2.47. The molecule has 3 atom stereocenters. The van der Waals surface area contributed by atoms with Crippen LogP contribution in [0.2, 0.25) is 0 Å². The lowest BCUT2D eigenvalue weighted by Gasteiger charge is -2.32. The Morgan fingerprint density at radius 1 is 1.29 bits per heavy atom. The van der Waals surface area contributed by atoms with E-state index in [2.05, 4.69) is 30.2 Å². The lowest BCUT2D eigenvalue weighted by molar-refractivity contribution is 0.260. The molecule has 0 radical (unpaired) electrons. The fraction of sp³-hybridized carbons (Fsp3) is 0.571. The van der Waals surface area contributed by atoms with Gasteiger partial charge in [0.15, 0.2) is 0 Å². The molecule has 0 aromatic carbocycles. The van der Waals surface area contributed by atoms with Gasteiger partial charge in [0.05, 0.1) is 0 Å². The summed E-state index contributed by atoms with van der Waals surface area (Å²) in [5.41, 5.74) is 0.479. The maximum Gasteiger partial charge on any atom is 0.142 e. The number of rotatable bonds is 2. The Hall–Kier alpha value is -1.56. The molecule has 1 aliphatic carbocycles. The predicted molar refractivity (Wildman–Crippen MR) is 68.5 cm³/mol. The van der Waals surface area contributed by atoms with Crippen LogP contribution in [0.5, 0.6) is 0 Å². The van der Waals surface area contributed by atoms with Gasteiger partial charge in [0.2, 0.25) is 0 Å². The molecule has 3 nitrogen and oxygen atoms in total. The van der Waals surface area contributed by atoms with E-state index in [4.69, 9.17) is 5.26 Å². The second-order valence-electron chi connectivity index (χ2n) is 5.13. The molecule has 1 N–H and O–H groups in total. The predicted octanol–water partition coefficient (Wildman–Crippen LogP) is 3.19. The number of nitriles is 1. The minimum Gasteiger partial charge on any atom is -0.367 e. The number of hydrogen-bond donors (Lipinski definition) is 1. The molecular formula is C14H19N3. The summed E-state index contributed by atoms with van der Waals surface area (Å²) in [5, 5.41) is 12.2. The summed E-state index contributed by atoms with van der Waals surface area (Å²) in [4.78, 5) is 4.26. The minimum absolute atomic E-state index is 0.479. The smallest absolute Gasteiger partial charge is 0.142 e. The maximum atomic E-state index is 8.80. The fourth-order valence-electron chi connectivity index (χ4n) is 2.47. The topological polar surface area (TPSA) is 48.7 Å². The van der Waals surface area contributed by atoms with Crippen LogP contribution in [0.25, 0.3) is 0 Å². The van der Waals surface area contributed by atoms with Crippen molar-refractivity contribution in [3.63, 3.8) is 0 Å². The van der Waals surface area contributed by atoms with Crippen LogP contribution >= 0.6 is 0 Å². The molecule has 1 aliphatic rings. The Morgan fingerprint density at radius 3 is 2.82 bits per heavy atom. The second-order valence-corrected chi connectivity index (χ2v) is 5.13. The number of hydrogen-bond acceptors (Lipinski definition) is 3. The molecule has 0 amide bonds. The summed E-state index contributed by atoms with van der Waals surface area (Å²) in [7, 11) is 0. The van der Waals surface area contributed by atoms with Gasteiger partial charge in [-0.25, -0.2) is 4.98 Å². The minimum atomic E-state index is 0.479. The van der Waals surface area contributed by atoms with Gasteiger partial charge >= 0.3 is 0 Å². The Morgan fingerprint density at radius 2 is 2.12 bits per heavy atom. The molecule has 1 saturated carbocycles. The van der Waals surface area contributed by atoms with Crippen LogP contribution < -0.4 is 5.32 Å². The molecule has 1 aromatic heterocycles. The highest BCUT2D eigenvalue weighted by atomic mass is 15.0. The average Bonchev–Trinajstić information content (AvgIpc) is 2.34. The molecule has 1 aromatic rings. The molecule has 3 heteroatoms. The summed E-state index contributed by atoms with van der Waals surface area (Å²) in [5.74, 6) is 2.42. The lowest BCUT2D eigenvalue weighted by atomic mass is 9.79. The molecule has 0 aliphatic heterocycles. The van der Waals surface area contributed by atoms with Crippen molar-refractivity contribution in [3.05, 3.63) is 23.9 Å². The van der Waals surface area contributed by atoms with Crippen molar-refractivity contribution in [2.45, 2.75) is 39.2 Å². The van der Waals surface area contributed by atoms with Crippen LogP contribution in [0.4, 0.5) is 5.82 Å². The van der Waals surface area contributed by atoms with Crippen LogP contribution in [-0.4, -0.2) is 11.0 Å². The van der Waals surface area contributed by atoms with E-state index in [9.17, 15) is 0 Å². The molecule has 0 spiro atoms. The molecule has 1 heterocycles. The third kappa shape index (κ3) is 2.97. The van der Waals surface area contributed by atoms with E-state index in [1.54, 1.807) is 6.07 Å². The Kier molecular flexibility index (Phi) is 3.63. The van der Waals surface area contributed by atoms with Crippen LogP contribution in [0.15, 0.2) is 18.2 Å². The molecule has 2 rings (SSSR count). The first kappa shape index (κ1) is 11.9. The van der Waals surface area contributed by atoms with Crippen molar-refractivity contribution < 1.29 is 0 Å². The molecule has 17 heavy (non-hydrogen) atoms. The third-order valence-corrected chi connectivity index (χ3v) is 3.81. The number of anilines is 1. The van der Waals surface area contributed by atoms with Gasteiger partial charge in [-0.15, -0.1) is 0 Å². The number of nitrogens with zero attached hydrogens (tertiary/aromatic N) is 2. The van der Waals surface area contributed by atoms with Gasteiger partial charge in [-0.1, -0.05) is 19.9 Å². The highest BCUT2D eigenvalue weighted by Crippen LogP contribution is 2.30. The van der Waals surface area contributed by atoms with Crippen molar-refractivity contribution >= 4 is 5.82 Å². The summed E-state index contributed by atoms with van der Waals surface area (Å²) >= 11 is 0. The molecular weight excluding hydrogens is 210 g/mol. The largest absolute Gasteiger partial charge is 0.367 e. The summed E-state index contributed by atoms with van der Waals surface area (Å²) in [6.45, 7) is 4.65. The standard InChI is InChI=1S/C14H19N3/c1-10-6-7-12(8-11(10)2)16-14-5-3-4-13(9-15)17-14/h3-5,10-12H,6-8H2,1-2H3,(H,16,17). The van der Waals surface area contributed by atoms with Gasteiger partial charge < -0.3 is 5.32 Å². The van der Waals surface area contributed by atoms with Crippen molar-refractivity contribution in [1.82, 2.24) is 4.98 Å². The quantitative estimate of drug-likeness (QED) is 0.847. The van der Waals surface area contributed by atoms with Crippen LogP contribution in [0.1, 0.15) is 38.8 Å². The highest BCUT2D eigenvalue weighted by Gasteiger charge is 2.24. The van der Waals surface area contributed by atoms with Crippen molar-refractivity contribution in [2.75, 3.05) is 5.32 Å². The second kappa shape index (κ2) is 5.18. The first-order valence-electron chi connectivity index (χ1n) is 6.32. The van der Waals surface area contributed by atoms with E-state index in [0.29, 0.717) is 11.7 Å². The number of pyridine rings is 1. The van der Waals surface area contributed by atoms with E-state index < -0.39 is 0 Å². The maximum absolute atomic E-state index is 8.80. The zero-order valence-electron chi connectivity index (χ0n) is 10.5. The van der Waals surface area contributed by atoms with Crippen LogP contribution in [0, 0.1) is 23.2 Å². The Labute approximate surface area is 103 Å². The zero-order valence-corrected chi connectivity index (χ0v) is 10.5. The highest BCUT2D eigenvalue weighted by molar-refractivity contribution is 5.39. The molecule has 3 unspecified atom stereocenters. The molecule has 0 saturated heterocycles. The van der Waals surface area contributed by atoms with Gasteiger partial charge in [-0.05, 0) is 43.2 Å². The summed E-state index contributed by atoms with van der Waals surface area (Å²) < 4.78 is 0. The van der Waals surface area contributed by atoms with Gasteiger partial charge in [0.25, 0.3) is 0 Å². The summed E-state index contributed by atoms with van der Waals surface area (Å²) in [6.07, 6.45) is 3.67. The van der Waals surface area contributed by atoms with Crippen molar-refractivity contribution in [2.24, 2.45) is 11.8 Å². The zero-order chi connectivity index (χ0) is 12.3. The first-order chi connectivity index (χ1) is 8.19. The average molecular weight is 229 g/mol. The van der Waals surface area contributed by atoms with Crippen LogP contribution in [0.3, 0.4) is 0 Å². The van der Waals surface area contributed by atoms with E-state index in [1.807, 2.05) is 12.1 Å². The van der Waals surface area contributed by atoms with Gasteiger partial charge in [0.1, 0.15) is 17.6 Å². The Balaban J connectivity index is 1.99. The van der Waals surface area contributed by atoms with Gasteiger partial charge in [0, 0.05) is 6.04 Å². The lowest BCUT2D eigenvalue weighted by Crippen LogP contribution is -2.30. The monoisotopic (exact) mass is 229 g/mol. The van der Waals surface area contributed by atoms with Crippen LogP contribution in [-0.2, 0) is 0 Å². The van der Waals surface area contributed by atoms with E-state index >= 15 is 0 Å². The molecule has 90 valence electrons. The van der Waals surface area contributed by atoms with Gasteiger partial charge in [-0.3, -0.25) is 0 Å². The van der Waals surface area contributed by atoms with E-state index in [-0.39, 0.29) is 0 Å². The normalized spacial score (nSPS) is 28.4. The van der Waals surface area contributed by atoms with Gasteiger partial charge in [-0.2, -0.15) is 5.26 Å². The number of aromatic nitrogens is 1. The molecule has 1 fully saturated rings. The Bertz CT molecular complexity index is 422. The van der Waals surface area contributed by atoms with Crippen molar-refractivity contribution in [1.29, 1.82) is 5.26 Å². The van der Waals surface area contributed by atoms with E-state index in [0.717, 1.165) is 17.7 Å². The van der Waals surface area contributed by atoms with E-state index in [1.165, 1.54) is 19.3 Å². The third-order valence-electron chi connectivity index (χ3n) is 3.81.